The first-order valence-corrected chi connectivity index (χ1v) is 5.57. The molecule has 0 aromatic rings. The standard InChI is InChI=1S/C11H23NO/c1-4-13-9-8-12-7-5-6-10(2)11(12)3/h10-11H,4-9H2,1-3H3/t10-,11-/m1/s1. The van der Waals surface area contributed by atoms with E-state index in [9.17, 15) is 0 Å². The van der Waals surface area contributed by atoms with E-state index < -0.39 is 0 Å². The van der Waals surface area contributed by atoms with Crippen LogP contribution >= 0.6 is 0 Å². The highest BCUT2D eigenvalue weighted by atomic mass is 16.5. The third kappa shape index (κ3) is 3.28. The molecule has 0 N–H and O–H groups in total. The van der Waals surface area contributed by atoms with E-state index in [-0.39, 0.29) is 0 Å². The van der Waals surface area contributed by atoms with E-state index in [2.05, 4.69) is 25.7 Å². The summed E-state index contributed by atoms with van der Waals surface area (Å²) in [6.45, 7) is 10.9. The Bertz CT molecular complexity index is 138. The number of likely N-dealkylation sites (tertiary alicyclic amines) is 1. The maximum Gasteiger partial charge on any atom is 0.0593 e. The number of piperidine rings is 1. The number of hydrogen-bond donors (Lipinski definition) is 0. The lowest BCUT2D eigenvalue weighted by atomic mass is 9.92. The van der Waals surface area contributed by atoms with E-state index in [1.165, 1.54) is 19.4 Å². The molecule has 2 nitrogen and oxygen atoms in total. The Kier molecular flexibility index (Phi) is 4.74. The van der Waals surface area contributed by atoms with Crippen LogP contribution in [0.5, 0.6) is 0 Å². The molecule has 0 aliphatic carbocycles. The average Bonchev–Trinajstić information content (AvgIpc) is 2.13. The summed E-state index contributed by atoms with van der Waals surface area (Å²) in [4.78, 5) is 2.56. The van der Waals surface area contributed by atoms with Gasteiger partial charge < -0.3 is 4.74 Å². The van der Waals surface area contributed by atoms with Gasteiger partial charge in [0.15, 0.2) is 0 Å². The maximum absolute atomic E-state index is 5.38. The molecule has 1 fully saturated rings. The first kappa shape index (κ1) is 11.0. The average molecular weight is 185 g/mol. The summed E-state index contributed by atoms with van der Waals surface area (Å²) in [6, 6.07) is 0.745. The van der Waals surface area contributed by atoms with Crippen LogP contribution in [0.15, 0.2) is 0 Å². The van der Waals surface area contributed by atoms with Crippen molar-refractivity contribution in [2.45, 2.75) is 39.7 Å². The van der Waals surface area contributed by atoms with Crippen molar-refractivity contribution >= 4 is 0 Å². The highest BCUT2D eigenvalue weighted by molar-refractivity contribution is 4.78. The molecule has 0 bridgehead atoms. The van der Waals surface area contributed by atoms with Crippen LogP contribution in [0.4, 0.5) is 0 Å². The molecule has 1 heterocycles. The van der Waals surface area contributed by atoms with Gasteiger partial charge in [0.25, 0.3) is 0 Å². The monoisotopic (exact) mass is 185 g/mol. The molecule has 13 heavy (non-hydrogen) atoms. The number of rotatable bonds is 4. The van der Waals surface area contributed by atoms with E-state index in [4.69, 9.17) is 4.74 Å². The van der Waals surface area contributed by atoms with E-state index >= 15 is 0 Å². The molecule has 0 radical (unpaired) electrons. The lowest BCUT2D eigenvalue weighted by molar-refractivity contribution is 0.0626. The molecule has 0 amide bonds. The largest absolute Gasteiger partial charge is 0.380 e. The van der Waals surface area contributed by atoms with Crippen molar-refractivity contribution in [3.8, 4) is 0 Å². The summed E-state index contributed by atoms with van der Waals surface area (Å²) in [5.41, 5.74) is 0. The summed E-state index contributed by atoms with van der Waals surface area (Å²) in [5.74, 6) is 0.857. The van der Waals surface area contributed by atoms with Gasteiger partial charge in [-0.3, -0.25) is 4.90 Å². The van der Waals surface area contributed by atoms with Gasteiger partial charge in [0, 0.05) is 19.2 Å². The van der Waals surface area contributed by atoms with Gasteiger partial charge in [0.1, 0.15) is 0 Å². The minimum absolute atomic E-state index is 0.745. The number of ether oxygens (including phenoxy) is 1. The topological polar surface area (TPSA) is 12.5 Å². The Hall–Kier alpha value is -0.0800. The highest BCUT2D eigenvalue weighted by Crippen LogP contribution is 2.22. The van der Waals surface area contributed by atoms with E-state index in [0.717, 1.165) is 31.7 Å². The number of hydrogen-bond acceptors (Lipinski definition) is 2. The quantitative estimate of drug-likeness (QED) is 0.622. The van der Waals surface area contributed by atoms with Gasteiger partial charge in [-0.25, -0.2) is 0 Å². The molecular weight excluding hydrogens is 162 g/mol. The van der Waals surface area contributed by atoms with Crippen LogP contribution in [0.1, 0.15) is 33.6 Å². The Morgan fingerprint density at radius 1 is 1.38 bits per heavy atom. The fourth-order valence-electron chi connectivity index (χ4n) is 2.06. The molecule has 0 saturated carbocycles. The van der Waals surface area contributed by atoms with Crippen LogP contribution in [-0.4, -0.2) is 37.2 Å². The van der Waals surface area contributed by atoms with Crippen molar-refractivity contribution in [3.05, 3.63) is 0 Å². The minimum Gasteiger partial charge on any atom is -0.380 e. The van der Waals surface area contributed by atoms with Crippen LogP contribution in [0, 0.1) is 5.92 Å². The van der Waals surface area contributed by atoms with Crippen LogP contribution in [0.3, 0.4) is 0 Å². The Labute approximate surface area is 82.3 Å². The van der Waals surface area contributed by atoms with Crippen LogP contribution in [-0.2, 0) is 4.74 Å². The van der Waals surface area contributed by atoms with Crippen LogP contribution < -0.4 is 0 Å². The van der Waals surface area contributed by atoms with Crippen molar-refractivity contribution in [3.63, 3.8) is 0 Å². The second-order valence-electron chi connectivity index (χ2n) is 4.09. The second-order valence-corrected chi connectivity index (χ2v) is 4.09. The Morgan fingerprint density at radius 3 is 2.85 bits per heavy atom. The highest BCUT2D eigenvalue weighted by Gasteiger charge is 2.23. The predicted molar refractivity (Wildman–Crippen MR) is 55.9 cm³/mol. The molecule has 0 aromatic carbocycles. The molecule has 0 aromatic heterocycles. The van der Waals surface area contributed by atoms with E-state index in [1.807, 2.05) is 0 Å². The summed E-state index contributed by atoms with van der Waals surface area (Å²) < 4.78 is 5.38. The van der Waals surface area contributed by atoms with Crippen molar-refractivity contribution in [2.24, 2.45) is 5.92 Å². The van der Waals surface area contributed by atoms with Gasteiger partial charge in [0.05, 0.1) is 6.61 Å². The molecule has 1 saturated heterocycles. The van der Waals surface area contributed by atoms with Gasteiger partial charge in [-0.15, -0.1) is 0 Å². The summed E-state index contributed by atoms with van der Waals surface area (Å²) in [7, 11) is 0. The maximum atomic E-state index is 5.38. The SMILES string of the molecule is CCOCCN1CCC[C@@H](C)[C@H]1C. The predicted octanol–water partition coefficient (Wildman–Crippen LogP) is 2.14. The van der Waals surface area contributed by atoms with Gasteiger partial charge in [-0.2, -0.15) is 0 Å². The molecule has 0 spiro atoms. The minimum atomic E-state index is 0.745. The normalized spacial score (nSPS) is 30.7. The number of nitrogens with zero attached hydrogens (tertiary/aromatic N) is 1. The fourth-order valence-corrected chi connectivity index (χ4v) is 2.06. The van der Waals surface area contributed by atoms with E-state index in [1.54, 1.807) is 0 Å². The fraction of sp³-hybridized carbons (Fsp3) is 1.00. The summed E-state index contributed by atoms with van der Waals surface area (Å²) in [5, 5.41) is 0. The zero-order chi connectivity index (χ0) is 9.68. The summed E-state index contributed by atoms with van der Waals surface area (Å²) in [6.07, 6.45) is 2.75. The molecule has 2 heteroatoms. The molecule has 1 rings (SSSR count). The van der Waals surface area contributed by atoms with E-state index in [0.29, 0.717) is 0 Å². The molecular formula is C11H23NO. The Balaban J connectivity index is 2.23. The Morgan fingerprint density at radius 2 is 2.15 bits per heavy atom. The van der Waals surface area contributed by atoms with Crippen molar-refractivity contribution in [2.75, 3.05) is 26.3 Å². The van der Waals surface area contributed by atoms with Gasteiger partial charge in [-0.1, -0.05) is 6.92 Å². The van der Waals surface area contributed by atoms with Crippen LogP contribution in [0.2, 0.25) is 0 Å². The van der Waals surface area contributed by atoms with Crippen molar-refractivity contribution in [1.82, 2.24) is 4.90 Å². The molecule has 78 valence electrons. The third-order valence-corrected chi connectivity index (χ3v) is 3.23. The molecule has 1 aliphatic heterocycles. The van der Waals surface area contributed by atoms with Crippen molar-refractivity contribution < 1.29 is 4.74 Å². The molecule has 1 aliphatic rings. The van der Waals surface area contributed by atoms with Gasteiger partial charge in [0.2, 0.25) is 0 Å². The van der Waals surface area contributed by atoms with Crippen molar-refractivity contribution in [1.29, 1.82) is 0 Å². The lowest BCUT2D eigenvalue weighted by Gasteiger charge is -2.37. The molecule has 2 atom stereocenters. The second kappa shape index (κ2) is 5.61. The zero-order valence-electron chi connectivity index (χ0n) is 9.25. The zero-order valence-corrected chi connectivity index (χ0v) is 9.25. The third-order valence-electron chi connectivity index (χ3n) is 3.23. The first-order valence-electron chi connectivity index (χ1n) is 5.57. The molecule has 0 unspecified atom stereocenters. The van der Waals surface area contributed by atoms with Gasteiger partial charge in [-0.05, 0) is 39.2 Å². The first-order chi connectivity index (χ1) is 6.25. The van der Waals surface area contributed by atoms with Crippen LogP contribution in [0.25, 0.3) is 0 Å². The van der Waals surface area contributed by atoms with Gasteiger partial charge >= 0.3 is 0 Å². The smallest absolute Gasteiger partial charge is 0.0593 e. The lowest BCUT2D eigenvalue weighted by Crippen LogP contribution is -2.43. The summed E-state index contributed by atoms with van der Waals surface area (Å²) >= 11 is 0.